The molecule has 0 spiro atoms. The highest BCUT2D eigenvalue weighted by Crippen LogP contribution is 2.56. The van der Waals surface area contributed by atoms with Gasteiger partial charge in [0.1, 0.15) is 0 Å². The molecule has 1 aliphatic carbocycles. The molecule has 2 aromatic rings. The van der Waals surface area contributed by atoms with E-state index in [4.69, 9.17) is 23.2 Å². The molecular weight excluding hydrogens is 465 g/mol. The predicted octanol–water partition coefficient (Wildman–Crippen LogP) is 6.20. The number of hydrogen-bond donors (Lipinski definition) is 3. The number of nitrogens with one attached hydrogen (secondary N) is 3. The lowest BCUT2D eigenvalue weighted by Gasteiger charge is -2.57. The largest absolute Gasteiger partial charge is 0.322 e. The zero-order chi connectivity index (χ0) is 23.5. The van der Waals surface area contributed by atoms with E-state index in [0.717, 1.165) is 30.5 Å². The van der Waals surface area contributed by atoms with E-state index in [1.54, 1.807) is 23.1 Å². The third-order valence-electron chi connectivity index (χ3n) is 7.19. The molecule has 0 atom stereocenters. The van der Waals surface area contributed by atoms with Gasteiger partial charge >= 0.3 is 6.03 Å². The van der Waals surface area contributed by atoms with Crippen LogP contribution in [0.2, 0.25) is 34.7 Å². The molecule has 3 amide bonds. The molecule has 10 heteroatoms. The lowest BCUT2D eigenvalue weighted by molar-refractivity contribution is -0.121. The summed E-state index contributed by atoms with van der Waals surface area (Å²) in [5, 5.41) is 14.0. The van der Waals surface area contributed by atoms with Crippen molar-refractivity contribution in [3.8, 4) is 0 Å². The minimum atomic E-state index is -1.71. The monoisotopic (exact) mass is 493 g/mol. The number of anilines is 2. The van der Waals surface area contributed by atoms with Crippen LogP contribution >= 0.6 is 23.2 Å². The van der Waals surface area contributed by atoms with E-state index in [2.05, 4.69) is 40.5 Å². The van der Waals surface area contributed by atoms with Gasteiger partial charge in [-0.15, -0.1) is 8.07 Å². The van der Waals surface area contributed by atoms with Gasteiger partial charge in [-0.2, -0.15) is 24.7 Å². The van der Waals surface area contributed by atoms with E-state index in [0.29, 0.717) is 28.1 Å². The van der Waals surface area contributed by atoms with Gasteiger partial charge in [-0.1, -0.05) is 47.5 Å². The number of aromatic nitrogens is 2. The second-order valence-electron chi connectivity index (χ2n) is 10.3. The van der Waals surface area contributed by atoms with E-state index in [1.165, 1.54) is 0 Å². The van der Waals surface area contributed by atoms with Crippen LogP contribution in [0.5, 0.6) is 0 Å². The SMILES string of the molecule is CC1(C)c2[nH]nc(NC(=O)C3([Si-](C)(C)C)CCC3)c2CN1C(=O)Nc1cc(Cl)ccc1Cl. The van der Waals surface area contributed by atoms with Crippen LogP contribution < -0.4 is 10.6 Å². The van der Waals surface area contributed by atoms with Gasteiger partial charge in [-0.05, 0) is 32.0 Å². The molecule has 2 heterocycles. The maximum atomic E-state index is 13.3. The average molecular weight is 494 g/mol. The molecule has 1 aliphatic heterocycles. The first-order valence-electron chi connectivity index (χ1n) is 10.8. The standard InChI is InChI=1S/C22H29Cl2N5O2Si/c1-21(2)17-14(12-29(21)20(31)25-16-11-13(23)7-8-15(16)24)18(28-27-17)26-19(30)22(9-6-10-22)32(3,4)5/h7-8,11H,6,9-10,12H2,1-5H3,(H,25,31)(H2,26,27,28,30)/q-1. The number of nitrogens with zero attached hydrogens (tertiary/aromatic N) is 2. The summed E-state index contributed by atoms with van der Waals surface area (Å²) in [7, 11) is -1.71. The van der Waals surface area contributed by atoms with Crippen LogP contribution in [-0.4, -0.2) is 35.1 Å². The van der Waals surface area contributed by atoms with Gasteiger partial charge < -0.3 is 15.5 Å². The highest BCUT2D eigenvalue weighted by molar-refractivity contribution is 6.83. The van der Waals surface area contributed by atoms with Gasteiger partial charge in [-0.25, -0.2) is 4.79 Å². The molecular formula is C22H29Cl2N5O2Si-. The lowest BCUT2D eigenvalue weighted by atomic mass is 9.83. The van der Waals surface area contributed by atoms with Crippen molar-refractivity contribution in [2.75, 3.05) is 10.6 Å². The van der Waals surface area contributed by atoms with Crippen LogP contribution in [0.3, 0.4) is 0 Å². The third kappa shape index (κ3) is 3.62. The second kappa shape index (κ2) is 7.78. The fourth-order valence-electron chi connectivity index (χ4n) is 4.80. The topological polar surface area (TPSA) is 90.1 Å². The Balaban J connectivity index is 1.55. The number of fused-ring (bicyclic) bond motifs is 1. The molecule has 3 N–H and O–H groups in total. The van der Waals surface area contributed by atoms with Gasteiger partial charge in [0, 0.05) is 10.6 Å². The fourth-order valence-corrected chi connectivity index (χ4v) is 7.73. The van der Waals surface area contributed by atoms with Crippen molar-refractivity contribution in [1.82, 2.24) is 15.1 Å². The van der Waals surface area contributed by atoms with Gasteiger partial charge in [0.25, 0.3) is 0 Å². The number of hydrogen-bond acceptors (Lipinski definition) is 3. The molecule has 32 heavy (non-hydrogen) atoms. The Morgan fingerprint density at radius 2 is 1.84 bits per heavy atom. The summed E-state index contributed by atoms with van der Waals surface area (Å²) in [4.78, 5) is 28.1. The first-order chi connectivity index (χ1) is 14.9. The summed E-state index contributed by atoms with van der Waals surface area (Å²) in [6.07, 6.45) is 2.95. The van der Waals surface area contributed by atoms with Crippen molar-refractivity contribution >= 4 is 54.7 Å². The zero-order valence-corrected chi connectivity index (χ0v) is 21.5. The quantitative estimate of drug-likeness (QED) is 0.442. The molecule has 1 fully saturated rings. The minimum absolute atomic E-state index is 0.0589. The van der Waals surface area contributed by atoms with Gasteiger partial charge in [-0.3, -0.25) is 9.89 Å². The molecule has 1 saturated carbocycles. The molecule has 2 aliphatic rings. The maximum absolute atomic E-state index is 13.3. The fraction of sp³-hybridized carbons (Fsp3) is 0.500. The predicted molar refractivity (Wildman–Crippen MR) is 131 cm³/mol. The van der Waals surface area contributed by atoms with E-state index < -0.39 is 13.6 Å². The first-order valence-corrected chi connectivity index (χ1v) is 15.1. The second-order valence-corrected chi connectivity index (χ2v) is 16.6. The summed E-state index contributed by atoms with van der Waals surface area (Å²) >= 11 is 12.3. The third-order valence-corrected chi connectivity index (χ3v) is 11.4. The van der Waals surface area contributed by atoms with Crippen LogP contribution in [-0.2, 0) is 16.9 Å². The molecule has 0 bridgehead atoms. The summed E-state index contributed by atoms with van der Waals surface area (Å²) < 4.78 is 0. The van der Waals surface area contributed by atoms with E-state index >= 15 is 0 Å². The number of aromatic amines is 1. The first kappa shape index (κ1) is 23.1. The van der Waals surface area contributed by atoms with Crippen LogP contribution in [0.25, 0.3) is 0 Å². The highest BCUT2D eigenvalue weighted by atomic mass is 35.5. The molecule has 0 saturated heterocycles. The van der Waals surface area contributed by atoms with E-state index in [9.17, 15) is 9.59 Å². The Kier molecular flexibility index (Phi) is 5.62. The van der Waals surface area contributed by atoms with Crippen molar-refractivity contribution in [2.24, 2.45) is 0 Å². The van der Waals surface area contributed by atoms with Crippen molar-refractivity contribution in [3.05, 3.63) is 39.5 Å². The van der Waals surface area contributed by atoms with Crippen LogP contribution in [0.4, 0.5) is 16.3 Å². The lowest BCUT2D eigenvalue weighted by Crippen LogP contribution is -2.52. The molecule has 0 unspecified atom stereocenters. The summed E-state index contributed by atoms with van der Waals surface area (Å²) in [5.74, 6) is 0.572. The molecule has 0 radical (unpaired) electrons. The molecule has 1 aromatic heterocycles. The van der Waals surface area contributed by atoms with Crippen LogP contribution in [0.15, 0.2) is 18.2 Å². The minimum Gasteiger partial charge on any atom is -0.311 e. The Morgan fingerprint density at radius 3 is 2.44 bits per heavy atom. The highest BCUT2D eigenvalue weighted by Gasteiger charge is 2.47. The van der Waals surface area contributed by atoms with Crippen molar-refractivity contribution in [2.45, 2.75) is 69.9 Å². The Labute approximate surface area is 199 Å². The Bertz CT molecular complexity index is 1090. The summed E-state index contributed by atoms with van der Waals surface area (Å²) in [6, 6.07) is 4.62. The number of benzene rings is 1. The van der Waals surface area contributed by atoms with E-state index in [-0.39, 0.29) is 17.0 Å². The van der Waals surface area contributed by atoms with Crippen molar-refractivity contribution in [1.29, 1.82) is 0 Å². The number of carbonyl (C=O) groups excluding carboxylic acids is 2. The van der Waals surface area contributed by atoms with Gasteiger partial charge in [0.15, 0.2) is 5.82 Å². The zero-order valence-electron chi connectivity index (χ0n) is 19.0. The Hall–Kier alpha value is -2.03. The van der Waals surface area contributed by atoms with Crippen LogP contribution in [0, 0.1) is 0 Å². The molecule has 7 nitrogen and oxygen atoms in total. The molecule has 4 rings (SSSR count). The number of halogens is 2. The average Bonchev–Trinajstić information content (AvgIpc) is 3.14. The van der Waals surface area contributed by atoms with Crippen molar-refractivity contribution < 1.29 is 9.59 Å². The number of carbonyl (C=O) groups is 2. The molecule has 1 aromatic carbocycles. The van der Waals surface area contributed by atoms with Gasteiger partial charge in [0.05, 0.1) is 28.5 Å². The number of rotatable bonds is 4. The van der Waals surface area contributed by atoms with Crippen molar-refractivity contribution in [3.63, 3.8) is 0 Å². The van der Waals surface area contributed by atoms with Gasteiger partial charge in [0.2, 0.25) is 5.91 Å². The summed E-state index contributed by atoms with van der Waals surface area (Å²) in [6.45, 7) is 10.9. The normalized spacial score (nSPS) is 18.7. The number of amides is 3. The molecule has 173 valence electrons. The van der Waals surface area contributed by atoms with E-state index in [1.807, 2.05) is 13.8 Å². The Morgan fingerprint density at radius 1 is 1.16 bits per heavy atom. The number of H-pyrrole nitrogens is 1. The smallest absolute Gasteiger partial charge is 0.311 e. The number of urea groups is 1. The maximum Gasteiger partial charge on any atom is 0.322 e. The van der Waals surface area contributed by atoms with Crippen LogP contribution in [0.1, 0.15) is 44.4 Å². The summed E-state index contributed by atoms with van der Waals surface area (Å²) in [5.41, 5.74) is 1.45.